The largest absolute Gasteiger partial charge is 0.204 e. The molecule has 0 saturated heterocycles. The normalized spacial score (nSPS) is 10.5. The van der Waals surface area contributed by atoms with E-state index in [1.54, 1.807) is 53.7 Å². The third kappa shape index (κ3) is 6.19. The van der Waals surface area contributed by atoms with Gasteiger partial charge in [0, 0.05) is 5.56 Å². The van der Waals surface area contributed by atoms with Crippen molar-refractivity contribution in [2.45, 2.75) is 40.8 Å². The Balaban J connectivity index is 0.000000246. The van der Waals surface area contributed by atoms with Crippen LogP contribution in [0.2, 0.25) is 13.1 Å². The Morgan fingerprint density at radius 2 is 1.15 bits per heavy atom. The first-order valence-corrected chi connectivity index (χ1v) is 16.4. The van der Waals surface area contributed by atoms with E-state index in [1.165, 1.54) is 28.3 Å². The van der Waals surface area contributed by atoms with Gasteiger partial charge in [-0.15, -0.1) is 46.7 Å². The van der Waals surface area contributed by atoms with Crippen LogP contribution >= 0.6 is 0 Å². The molecule has 0 aliphatic rings. The molecule has 4 rings (SSSR count). The zero-order valence-corrected chi connectivity index (χ0v) is 22.9. The summed E-state index contributed by atoms with van der Waals surface area (Å²) < 4.78 is 67.0. The molecule has 172 valence electrons. The van der Waals surface area contributed by atoms with Crippen molar-refractivity contribution in [3.8, 4) is 11.1 Å². The van der Waals surface area contributed by atoms with Crippen molar-refractivity contribution in [2.75, 3.05) is 0 Å². The molecule has 0 aliphatic carbocycles. The summed E-state index contributed by atoms with van der Waals surface area (Å²) in [5, 5.41) is 1.09. The van der Waals surface area contributed by atoms with Crippen LogP contribution in [0, 0.1) is 56.8 Å². The van der Waals surface area contributed by atoms with Crippen molar-refractivity contribution in [3.63, 3.8) is 0 Å². The van der Waals surface area contributed by atoms with Crippen LogP contribution < -0.4 is 0 Å². The molecule has 0 radical (unpaired) electrons. The molecule has 0 fully saturated rings. The van der Waals surface area contributed by atoms with Crippen molar-refractivity contribution < 1.29 is 45.3 Å². The van der Waals surface area contributed by atoms with E-state index in [4.69, 9.17) is 0 Å². The number of fused-ring (bicyclic) bond motifs is 1. The van der Waals surface area contributed by atoms with Crippen LogP contribution in [0.3, 0.4) is 0 Å². The molecule has 0 N–H and O–H groups in total. The molecule has 0 heterocycles. The van der Waals surface area contributed by atoms with E-state index >= 15 is 0 Å². The van der Waals surface area contributed by atoms with Gasteiger partial charge in [0.05, 0.1) is 0 Å². The molecular weight excluding hydrogens is 527 g/mol. The maximum absolute atomic E-state index is 13.8. The van der Waals surface area contributed by atoms with Crippen molar-refractivity contribution in [2.24, 2.45) is 0 Å². The number of rotatable bonds is 1. The Labute approximate surface area is 206 Å². The number of hydrogen-bond acceptors (Lipinski definition) is 0. The summed E-state index contributed by atoms with van der Waals surface area (Å²) in [6.45, 7) is 13.3. The summed E-state index contributed by atoms with van der Waals surface area (Å²) in [4.78, 5) is 0. The van der Waals surface area contributed by atoms with E-state index < -0.39 is 34.6 Å². The van der Waals surface area contributed by atoms with Crippen LogP contribution in [0.1, 0.15) is 22.3 Å². The molecule has 33 heavy (non-hydrogen) atoms. The second-order valence-corrected chi connectivity index (χ2v) is 17.4. The van der Waals surface area contributed by atoms with Crippen molar-refractivity contribution in [3.05, 3.63) is 93.8 Å². The van der Waals surface area contributed by atoms with Gasteiger partial charge in [0.2, 0.25) is 0 Å². The van der Waals surface area contributed by atoms with Crippen molar-refractivity contribution in [1.82, 2.24) is 0 Å². The molecule has 0 amide bonds. The molecule has 0 aromatic heterocycles. The maximum atomic E-state index is 13.8. The third-order valence-electron chi connectivity index (χ3n) is 5.34. The maximum Gasteiger partial charge on any atom is 0.200 e. The SMILES string of the molecule is C[Si](C)=[Zr+2].Cc1[cH-]c(C)c(C)c1C.Fc1c(F)c(F)c(-c2c[cH-]c3ccccc23)c(F)c1F. The van der Waals surface area contributed by atoms with Crippen LogP contribution in [-0.2, 0) is 23.3 Å². The van der Waals surface area contributed by atoms with Gasteiger partial charge in [0.1, 0.15) is 0 Å². The van der Waals surface area contributed by atoms with Gasteiger partial charge < -0.3 is 0 Å². The second-order valence-electron chi connectivity index (χ2n) is 8.04. The summed E-state index contributed by atoms with van der Waals surface area (Å²) in [5.41, 5.74) is 5.04. The van der Waals surface area contributed by atoms with E-state index in [1.807, 2.05) is 0 Å². The van der Waals surface area contributed by atoms with Gasteiger partial charge in [-0.3, -0.25) is 0 Å². The van der Waals surface area contributed by atoms with Crippen LogP contribution in [0.15, 0.2) is 42.5 Å². The first-order valence-electron chi connectivity index (χ1n) is 10.3. The number of benzene rings is 2. The second kappa shape index (κ2) is 11.5. The first kappa shape index (κ1) is 27.4. The molecular formula is C26H25F5SiZr. The molecule has 7 heteroatoms. The van der Waals surface area contributed by atoms with Gasteiger partial charge in [-0.2, -0.15) is 28.3 Å². The molecule has 0 aliphatic heterocycles. The van der Waals surface area contributed by atoms with E-state index in [-0.39, 0.29) is 11.0 Å². The number of aryl methyl sites for hydroxylation is 2. The van der Waals surface area contributed by atoms with Gasteiger partial charge in [0.25, 0.3) is 0 Å². The van der Waals surface area contributed by atoms with Gasteiger partial charge >= 0.3 is 41.9 Å². The van der Waals surface area contributed by atoms with Crippen LogP contribution in [0.5, 0.6) is 0 Å². The zero-order chi connectivity index (χ0) is 25.0. The number of hydrogen-bond donors (Lipinski definition) is 0. The standard InChI is InChI=1S/C15H6F5.C9H13.C2H6Si.Zr/c16-11-10(12(17)14(19)15(20)13(11)18)9-6-5-7-3-1-2-4-8(7)9;1-6-5-7(2)9(4)8(6)3;1-3-2;/h1-6H;5H,1-4H3;1-2H3;/q2*-1;;+2. The van der Waals surface area contributed by atoms with Gasteiger partial charge in [-0.1, -0.05) is 33.8 Å². The van der Waals surface area contributed by atoms with Crippen LogP contribution in [-0.4, -0.2) is 5.43 Å². The molecule has 0 unspecified atom stereocenters. The van der Waals surface area contributed by atoms with Crippen molar-refractivity contribution in [1.29, 1.82) is 0 Å². The van der Waals surface area contributed by atoms with Gasteiger partial charge in [0.15, 0.2) is 29.1 Å². The van der Waals surface area contributed by atoms with E-state index in [9.17, 15) is 22.0 Å². The topological polar surface area (TPSA) is 0 Å². The number of halogens is 5. The van der Waals surface area contributed by atoms with E-state index in [0.29, 0.717) is 10.8 Å². The Kier molecular flexibility index (Phi) is 9.57. The van der Waals surface area contributed by atoms with Crippen LogP contribution in [0.25, 0.3) is 21.9 Å². The predicted molar refractivity (Wildman–Crippen MR) is 123 cm³/mol. The van der Waals surface area contributed by atoms with Gasteiger partial charge in [-0.05, 0) is 0 Å². The summed E-state index contributed by atoms with van der Waals surface area (Å²) in [5.74, 6) is -9.68. The first-order chi connectivity index (χ1) is 15.4. The summed E-state index contributed by atoms with van der Waals surface area (Å²) in [6, 6.07) is 11.7. The minimum atomic E-state index is -2.15. The summed E-state index contributed by atoms with van der Waals surface area (Å²) in [7, 11) is 0. The Hall–Kier alpha value is -1.85. The molecule has 0 saturated carbocycles. The Morgan fingerprint density at radius 3 is 1.58 bits per heavy atom. The average Bonchev–Trinajstić information content (AvgIpc) is 3.28. The summed E-state index contributed by atoms with van der Waals surface area (Å²) in [6.07, 6.45) is 0. The smallest absolute Gasteiger partial charge is 0.200 e. The minimum absolute atomic E-state index is 0.0200. The minimum Gasteiger partial charge on any atom is -0.204 e. The molecule has 0 atom stereocenters. The quantitative estimate of drug-likeness (QED) is 0.0733. The average molecular weight is 552 g/mol. The van der Waals surface area contributed by atoms with Crippen molar-refractivity contribution >= 4 is 16.2 Å². The summed E-state index contributed by atoms with van der Waals surface area (Å²) >= 11 is 1.74. The Bertz CT molecular complexity index is 1240. The third-order valence-corrected chi connectivity index (χ3v) is 5.34. The monoisotopic (exact) mass is 550 g/mol. The fraction of sp³-hybridized carbons (Fsp3) is 0.231. The fourth-order valence-electron chi connectivity index (χ4n) is 3.34. The Morgan fingerprint density at radius 1 is 0.727 bits per heavy atom. The van der Waals surface area contributed by atoms with Gasteiger partial charge in [-0.25, -0.2) is 22.0 Å². The molecule has 4 aromatic carbocycles. The molecule has 4 aromatic rings. The van der Waals surface area contributed by atoms with Crippen LogP contribution in [0.4, 0.5) is 22.0 Å². The fourth-order valence-corrected chi connectivity index (χ4v) is 3.34. The molecule has 0 spiro atoms. The zero-order valence-electron chi connectivity index (χ0n) is 19.4. The van der Waals surface area contributed by atoms with E-state index in [0.717, 1.165) is 0 Å². The predicted octanol–water partition coefficient (Wildman–Crippen LogP) is 8.34. The van der Waals surface area contributed by atoms with E-state index in [2.05, 4.69) is 46.9 Å². The molecule has 0 nitrogen and oxygen atoms in total. The molecule has 0 bridgehead atoms.